The lowest BCUT2D eigenvalue weighted by Gasteiger charge is -2.18. The van der Waals surface area contributed by atoms with Gasteiger partial charge in [-0.1, -0.05) is 48.0 Å². The molecule has 21 heavy (non-hydrogen) atoms. The molecule has 1 aromatic carbocycles. The average Bonchev–Trinajstić information content (AvgIpc) is 2.44. The Morgan fingerprint density at radius 3 is 2.43 bits per heavy atom. The Balaban J connectivity index is 2.48. The van der Waals surface area contributed by atoms with Crippen LogP contribution in [0.5, 0.6) is 0 Å². The second-order valence-corrected chi connectivity index (χ2v) is 6.15. The third-order valence-electron chi connectivity index (χ3n) is 3.19. The van der Waals surface area contributed by atoms with E-state index < -0.39 is 6.04 Å². The largest absolute Gasteiger partial charge is 0.348 e. The minimum Gasteiger partial charge on any atom is -0.348 e. The number of hydrogen-bond acceptors (Lipinski definition) is 3. The van der Waals surface area contributed by atoms with Crippen LogP contribution in [0.25, 0.3) is 0 Å². The van der Waals surface area contributed by atoms with Crippen molar-refractivity contribution in [3.63, 3.8) is 0 Å². The van der Waals surface area contributed by atoms with Gasteiger partial charge in [0.15, 0.2) is 0 Å². The molecule has 0 aliphatic heterocycles. The molecule has 4 N–H and O–H groups in total. The summed E-state index contributed by atoms with van der Waals surface area (Å²) in [5.41, 5.74) is 6.69. The van der Waals surface area contributed by atoms with E-state index in [0.29, 0.717) is 0 Å². The fourth-order valence-corrected chi connectivity index (χ4v) is 2.41. The number of benzene rings is 1. The van der Waals surface area contributed by atoms with Gasteiger partial charge in [0.2, 0.25) is 11.8 Å². The fraction of sp³-hybridized carbons (Fsp3) is 0.467. The van der Waals surface area contributed by atoms with Crippen LogP contribution < -0.4 is 16.4 Å². The number of carbonyl (C=O) groups excluding carboxylic acids is 2. The van der Waals surface area contributed by atoms with Crippen LogP contribution >= 0.6 is 15.9 Å². The fourth-order valence-electron chi connectivity index (χ4n) is 1.78. The standard InChI is InChI=1S/C15H22BrN3O2/c1-9(2)14(17)15(21)18-8-13(20)19-10(3)11-6-4-5-7-12(11)16/h4-7,9-10,14H,8,17H2,1-3H3,(H,18,21)(H,19,20)/t10-,14+/m1/s1. The highest BCUT2D eigenvalue weighted by atomic mass is 79.9. The zero-order valence-electron chi connectivity index (χ0n) is 12.5. The monoisotopic (exact) mass is 355 g/mol. The van der Waals surface area contributed by atoms with E-state index >= 15 is 0 Å². The summed E-state index contributed by atoms with van der Waals surface area (Å²) < 4.78 is 0.934. The van der Waals surface area contributed by atoms with Crippen molar-refractivity contribution < 1.29 is 9.59 Å². The smallest absolute Gasteiger partial charge is 0.239 e. The van der Waals surface area contributed by atoms with E-state index in [1.165, 1.54) is 0 Å². The van der Waals surface area contributed by atoms with Gasteiger partial charge < -0.3 is 16.4 Å². The highest BCUT2D eigenvalue weighted by Crippen LogP contribution is 2.22. The molecule has 0 aromatic heterocycles. The van der Waals surface area contributed by atoms with Gasteiger partial charge in [-0.15, -0.1) is 0 Å². The van der Waals surface area contributed by atoms with Crippen LogP contribution in [0.15, 0.2) is 28.7 Å². The van der Waals surface area contributed by atoms with Crippen LogP contribution in [0.3, 0.4) is 0 Å². The highest BCUT2D eigenvalue weighted by molar-refractivity contribution is 9.10. The molecule has 0 spiro atoms. The van der Waals surface area contributed by atoms with E-state index in [-0.39, 0.29) is 30.3 Å². The minimum absolute atomic E-state index is 0.0345. The van der Waals surface area contributed by atoms with E-state index in [4.69, 9.17) is 5.73 Å². The second-order valence-electron chi connectivity index (χ2n) is 5.30. The van der Waals surface area contributed by atoms with Crippen LogP contribution in [0, 0.1) is 5.92 Å². The molecule has 0 fully saturated rings. The maximum atomic E-state index is 11.9. The molecular weight excluding hydrogens is 334 g/mol. The lowest BCUT2D eigenvalue weighted by atomic mass is 10.1. The Labute approximate surface area is 133 Å². The van der Waals surface area contributed by atoms with Gasteiger partial charge in [-0.05, 0) is 24.5 Å². The molecule has 0 heterocycles. The van der Waals surface area contributed by atoms with E-state index in [9.17, 15) is 9.59 Å². The molecule has 0 bridgehead atoms. The van der Waals surface area contributed by atoms with Crippen molar-refractivity contribution in [2.45, 2.75) is 32.9 Å². The lowest BCUT2D eigenvalue weighted by molar-refractivity contribution is -0.127. The first-order valence-electron chi connectivity index (χ1n) is 6.90. The molecule has 2 amide bonds. The van der Waals surface area contributed by atoms with E-state index in [1.807, 2.05) is 45.0 Å². The molecule has 0 aliphatic rings. The first-order valence-corrected chi connectivity index (χ1v) is 7.69. The normalized spacial score (nSPS) is 13.6. The quantitative estimate of drug-likeness (QED) is 0.726. The molecule has 6 heteroatoms. The van der Waals surface area contributed by atoms with Crippen LogP contribution in [0.1, 0.15) is 32.4 Å². The number of rotatable bonds is 6. The van der Waals surface area contributed by atoms with Crippen LogP contribution in [-0.2, 0) is 9.59 Å². The summed E-state index contributed by atoms with van der Waals surface area (Å²) in [6, 6.07) is 6.92. The first-order chi connectivity index (χ1) is 9.82. The molecule has 1 rings (SSSR count). The molecule has 2 atom stereocenters. The Hall–Kier alpha value is -1.40. The molecule has 0 radical (unpaired) electrons. The van der Waals surface area contributed by atoms with Crippen LogP contribution in [-0.4, -0.2) is 24.4 Å². The number of nitrogens with two attached hydrogens (primary N) is 1. The topological polar surface area (TPSA) is 84.2 Å². The zero-order valence-corrected chi connectivity index (χ0v) is 14.1. The summed E-state index contributed by atoms with van der Waals surface area (Å²) in [7, 11) is 0. The molecule has 0 saturated carbocycles. The molecule has 116 valence electrons. The van der Waals surface area contributed by atoms with Crippen molar-refractivity contribution in [2.24, 2.45) is 11.7 Å². The van der Waals surface area contributed by atoms with E-state index in [2.05, 4.69) is 26.6 Å². The molecular formula is C15H22BrN3O2. The second kappa shape index (κ2) is 8.14. The van der Waals surface area contributed by atoms with Gasteiger partial charge in [0.25, 0.3) is 0 Å². The SMILES string of the molecule is CC(C)[C@H](N)C(=O)NCC(=O)N[C@H](C)c1ccccc1Br. The number of carbonyl (C=O) groups is 2. The van der Waals surface area contributed by atoms with Gasteiger partial charge in [-0.3, -0.25) is 9.59 Å². The predicted octanol–water partition coefficient (Wildman–Crippen LogP) is 1.73. The van der Waals surface area contributed by atoms with Crippen molar-refractivity contribution in [3.05, 3.63) is 34.3 Å². The van der Waals surface area contributed by atoms with Crippen molar-refractivity contribution in [3.8, 4) is 0 Å². The number of nitrogens with one attached hydrogen (secondary N) is 2. The maximum Gasteiger partial charge on any atom is 0.239 e. The summed E-state index contributed by atoms with van der Waals surface area (Å²) >= 11 is 3.45. The third-order valence-corrected chi connectivity index (χ3v) is 3.92. The Kier molecular flexibility index (Phi) is 6.84. The Morgan fingerprint density at radius 2 is 1.86 bits per heavy atom. The van der Waals surface area contributed by atoms with E-state index in [1.54, 1.807) is 0 Å². The first kappa shape index (κ1) is 17.7. The van der Waals surface area contributed by atoms with Crippen LogP contribution in [0.4, 0.5) is 0 Å². The Bertz CT molecular complexity index is 505. The summed E-state index contributed by atoms with van der Waals surface area (Å²) in [6.07, 6.45) is 0. The van der Waals surface area contributed by atoms with Gasteiger partial charge in [0, 0.05) is 4.47 Å². The molecule has 1 aromatic rings. The average molecular weight is 356 g/mol. The lowest BCUT2D eigenvalue weighted by Crippen LogP contribution is -2.47. The van der Waals surface area contributed by atoms with Gasteiger partial charge in [-0.25, -0.2) is 0 Å². The van der Waals surface area contributed by atoms with E-state index in [0.717, 1.165) is 10.0 Å². The summed E-state index contributed by atoms with van der Waals surface area (Å²) in [6.45, 7) is 5.53. The van der Waals surface area contributed by atoms with Crippen molar-refractivity contribution in [1.29, 1.82) is 0 Å². The summed E-state index contributed by atoms with van der Waals surface area (Å²) in [5.74, 6) is -0.525. The van der Waals surface area contributed by atoms with Gasteiger partial charge in [0.05, 0.1) is 18.6 Å². The molecule has 0 saturated heterocycles. The summed E-state index contributed by atoms with van der Waals surface area (Å²) in [5, 5.41) is 5.38. The molecule has 0 aliphatic carbocycles. The summed E-state index contributed by atoms with van der Waals surface area (Å²) in [4.78, 5) is 23.5. The molecule has 5 nitrogen and oxygen atoms in total. The third kappa shape index (κ3) is 5.47. The van der Waals surface area contributed by atoms with Gasteiger partial charge >= 0.3 is 0 Å². The van der Waals surface area contributed by atoms with Crippen molar-refractivity contribution in [1.82, 2.24) is 10.6 Å². The highest BCUT2D eigenvalue weighted by Gasteiger charge is 2.18. The number of hydrogen-bond donors (Lipinski definition) is 3. The zero-order chi connectivity index (χ0) is 16.0. The Morgan fingerprint density at radius 1 is 1.24 bits per heavy atom. The van der Waals surface area contributed by atoms with Crippen LogP contribution in [0.2, 0.25) is 0 Å². The van der Waals surface area contributed by atoms with Gasteiger partial charge in [-0.2, -0.15) is 0 Å². The predicted molar refractivity (Wildman–Crippen MR) is 86.5 cm³/mol. The number of halogens is 1. The van der Waals surface area contributed by atoms with Crippen molar-refractivity contribution in [2.75, 3.05) is 6.54 Å². The minimum atomic E-state index is -0.599. The van der Waals surface area contributed by atoms with Gasteiger partial charge in [0.1, 0.15) is 0 Å². The van der Waals surface area contributed by atoms with Crippen molar-refractivity contribution >= 4 is 27.7 Å². The maximum absolute atomic E-state index is 11.9. The number of amides is 2. The molecule has 0 unspecified atom stereocenters.